The van der Waals surface area contributed by atoms with Gasteiger partial charge in [0.2, 0.25) is 0 Å². The van der Waals surface area contributed by atoms with Crippen LogP contribution in [0.5, 0.6) is 0 Å². The molecule has 0 saturated heterocycles. The summed E-state index contributed by atoms with van der Waals surface area (Å²) in [5, 5.41) is 22.2. The molecule has 2 rings (SSSR count). The molecular formula is C14H9N3O4. The molecule has 0 atom stereocenters. The van der Waals surface area contributed by atoms with Crippen LogP contribution in [-0.2, 0) is 4.79 Å². The zero-order valence-electron chi connectivity index (χ0n) is 10.6. The van der Waals surface area contributed by atoms with Gasteiger partial charge in [-0.3, -0.25) is 14.9 Å². The van der Waals surface area contributed by atoms with Gasteiger partial charge in [-0.1, -0.05) is 12.1 Å². The van der Waals surface area contributed by atoms with Gasteiger partial charge in [-0.2, -0.15) is 5.26 Å². The summed E-state index contributed by atoms with van der Waals surface area (Å²) in [7, 11) is 0. The number of carbonyl (C=O) groups is 1. The van der Waals surface area contributed by atoms with Crippen molar-refractivity contribution in [2.75, 3.05) is 5.32 Å². The molecule has 0 saturated carbocycles. The van der Waals surface area contributed by atoms with E-state index < -0.39 is 10.8 Å². The van der Waals surface area contributed by atoms with Crippen molar-refractivity contribution in [3.05, 3.63) is 64.1 Å². The molecule has 1 aromatic carbocycles. The minimum absolute atomic E-state index is 0.0214. The Morgan fingerprint density at radius 3 is 2.71 bits per heavy atom. The monoisotopic (exact) mass is 283 g/mol. The van der Waals surface area contributed by atoms with Crippen LogP contribution < -0.4 is 5.32 Å². The van der Waals surface area contributed by atoms with Gasteiger partial charge < -0.3 is 9.73 Å². The lowest BCUT2D eigenvalue weighted by atomic mass is 10.2. The molecule has 0 bridgehead atoms. The molecule has 104 valence electrons. The van der Waals surface area contributed by atoms with Gasteiger partial charge in [-0.25, -0.2) is 0 Å². The second kappa shape index (κ2) is 6.16. The fraction of sp³-hybridized carbons (Fsp3) is 0. The third-order valence-corrected chi connectivity index (χ3v) is 2.54. The number of amides is 1. The van der Waals surface area contributed by atoms with E-state index in [1.807, 2.05) is 0 Å². The van der Waals surface area contributed by atoms with Crippen molar-refractivity contribution in [1.29, 1.82) is 5.26 Å². The van der Waals surface area contributed by atoms with Crippen molar-refractivity contribution in [3.8, 4) is 6.07 Å². The van der Waals surface area contributed by atoms with E-state index in [2.05, 4.69) is 5.32 Å². The Kier molecular flexibility index (Phi) is 4.11. The average molecular weight is 283 g/mol. The predicted octanol–water partition coefficient (Wildman–Crippen LogP) is 2.73. The lowest BCUT2D eigenvalue weighted by molar-refractivity contribution is -0.383. The Morgan fingerprint density at radius 1 is 1.33 bits per heavy atom. The second-order valence-corrected chi connectivity index (χ2v) is 3.91. The third-order valence-electron chi connectivity index (χ3n) is 2.54. The van der Waals surface area contributed by atoms with Gasteiger partial charge >= 0.3 is 0 Å². The van der Waals surface area contributed by atoms with Crippen LogP contribution in [0, 0.1) is 21.4 Å². The number of nitrogens with one attached hydrogen (secondary N) is 1. The lowest BCUT2D eigenvalue weighted by Gasteiger charge is -2.04. The summed E-state index contributed by atoms with van der Waals surface area (Å²) in [5.74, 6) is -0.410. The number of anilines is 1. The van der Waals surface area contributed by atoms with Gasteiger partial charge in [-0.05, 0) is 18.2 Å². The fourth-order valence-corrected chi connectivity index (χ4v) is 1.59. The zero-order chi connectivity index (χ0) is 15.2. The molecule has 21 heavy (non-hydrogen) atoms. The Balaban J connectivity index is 2.25. The highest BCUT2D eigenvalue weighted by Gasteiger charge is 2.17. The molecular weight excluding hydrogens is 274 g/mol. The number of nitro benzene ring substituents is 1. The number of benzene rings is 1. The second-order valence-electron chi connectivity index (χ2n) is 3.91. The van der Waals surface area contributed by atoms with Crippen molar-refractivity contribution in [1.82, 2.24) is 0 Å². The SMILES string of the molecule is N#CC(=Cc1ccco1)C(=O)Nc1ccccc1[N+](=O)[O-]. The van der Waals surface area contributed by atoms with Crippen molar-refractivity contribution < 1.29 is 14.1 Å². The maximum atomic E-state index is 12.0. The van der Waals surface area contributed by atoms with Crippen molar-refractivity contribution in [2.24, 2.45) is 0 Å². The summed E-state index contributed by atoms with van der Waals surface area (Å²) in [6.45, 7) is 0. The molecule has 7 heteroatoms. The molecule has 0 unspecified atom stereocenters. The van der Waals surface area contributed by atoms with Crippen LogP contribution in [0.2, 0.25) is 0 Å². The molecule has 0 aliphatic carbocycles. The van der Waals surface area contributed by atoms with Crippen molar-refractivity contribution in [2.45, 2.75) is 0 Å². The van der Waals surface area contributed by atoms with Crippen molar-refractivity contribution >= 4 is 23.4 Å². The van der Waals surface area contributed by atoms with E-state index in [-0.39, 0.29) is 16.9 Å². The summed E-state index contributed by atoms with van der Waals surface area (Å²) in [5.41, 5.74) is -0.447. The van der Waals surface area contributed by atoms with Gasteiger partial charge in [0, 0.05) is 12.1 Å². The molecule has 0 aliphatic rings. The molecule has 1 amide bonds. The highest BCUT2D eigenvalue weighted by molar-refractivity contribution is 6.10. The maximum Gasteiger partial charge on any atom is 0.292 e. The number of nitriles is 1. The van der Waals surface area contributed by atoms with Crippen LogP contribution in [0.4, 0.5) is 11.4 Å². The van der Waals surface area contributed by atoms with Gasteiger partial charge in [-0.15, -0.1) is 0 Å². The van der Waals surface area contributed by atoms with Gasteiger partial charge in [0.05, 0.1) is 11.2 Å². The first kappa shape index (κ1) is 14.0. The first-order valence-corrected chi connectivity index (χ1v) is 5.82. The number of hydrogen-bond donors (Lipinski definition) is 1. The molecule has 1 heterocycles. The smallest absolute Gasteiger partial charge is 0.292 e. The van der Waals surface area contributed by atoms with E-state index in [0.717, 1.165) is 0 Å². The summed E-state index contributed by atoms with van der Waals surface area (Å²) in [6.07, 6.45) is 2.66. The molecule has 0 aliphatic heterocycles. The van der Waals surface area contributed by atoms with Crippen LogP contribution in [0.1, 0.15) is 5.76 Å². The Bertz CT molecular complexity index is 742. The lowest BCUT2D eigenvalue weighted by Crippen LogP contribution is -2.14. The largest absolute Gasteiger partial charge is 0.465 e. The summed E-state index contributed by atoms with van der Waals surface area (Å²) < 4.78 is 5.01. The average Bonchev–Trinajstić information content (AvgIpc) is 2.98. The molecule has 2 aromatic rings. The number of carbonyl (C=O) groups excluding carboxylic acids is 1. The van der Waals surface area contributed by atoms with Crippen LogP contribution in [-0.4, -0.2) is 10.8 Å². The topological polar surface area (TPSA) is 109 Å². The normalized spacial score (nSPS) is 10.7. The van der Waals surface area contributed by atoms with Gasteiger partial charge in [0.15, 0.2) is 0 Å². The molecule has 7 nitrogen and oxygen atoms in total. The molecule has 0 spiro atoms. The fourth-order valence-electron chi connectivity index (χ4n) is 1.59. The zero-order valence-corrected chi connectivity index (χ0v) is 10.6. The van der Waals surface area contributed by atoms with Crippen LogP contribution in [0.25, 0.3) is 6.08 Å². The Morgan fingerprint density at radius 2 is 2.10 bits per heavy atom. The van der Waals surface area contributed by atoms with E-state index in [1.54, 1.807) is 24.3 Å². The quantitative estimate of drug-likeness (QED) is 0.401. The first-order valence-electron chi connectivity index (χ1n) is 5.82. The summed E-state index contributed by atoms with van der Waals surface area (Å²) >= 11 is 0. The van der Waals surface area contributed by atoms with E-state index in [4.69, 9.17) is 9.68 Å². The standard InChI is InChI=1S/C14H9N3O4/c15-9-10(8-11-4-3-7-21-11)14(18)16-12-5-1-2-6-13(12)17(19)20/h1-8H,(H,16,18). The highest BCUT2D eigenvalue weighted by atomic mass is 16.6. The Hall–Kier alpha value is -3.40. The highest BCUT2D eigenvalue weighted by Crippen LogP contribution is 2.23. The number of para-hydroxylation sites is 2. The van der Waals surface area contributed by atoms with Gasteiger partial charge in [0.25, 0.3) is 11.6 Å². The molecule has 1 aromatic heterocycles. The Labute approximate surface area is 119 Å². The molecule has 0 radical (unpaired) electrons. The van der Waals surface area contributed by atoms with E-state index in [1.165, 1.54) is 30.5 Å². The summed E-state index contributed by atoms with van der Waals surface area (Å²) in [4.78, 5) is 22.2. The third kappa shape index (κ3) is 3.33. The van der Waals surface area contributed by atoms with E-state index in [0.29, 0.717) is 5.76 Å². The number of rotatable bonds is 4. The first-order chi connectivity index (χ1) is 10.1. The summed E-state index contributed by atoms with van der Waals surface area (Å²) in [6, 6.07) is 10.6. The molecule has 1 N–H and O–H groups in total. The van der Waals surface area contributed by atoms with Crippen LogP contribution >= 0.6 is 0 Å². The van der Waals surface area contributed by atoms with Crippen LogP contribution in [0.15, 0.2) is 52.7 Å². The van der Waals surface area contributed by atoms with Gasteiger partial charge in [0.1, 0.15) is 23.1 Å². The number of hydrogen-bond acceptors (Lipinski definition) is 5. The van der Waals surface area contributed by atoms with Crippen molar-refractivity contribution in [3.63, 3.8) is 0 Å². The maximum absolute atomic E-state index is 12.0. The van der Waals surface area contributed by atoms with E-state index in [9.17, 15) is 14.9 Å². The number of furan rings is 1. The van der Waals surface area contributed by atoms with Crippen LogP contribution in [0.3, 0.4) is 0 Å². The minimum atomic E-state index is -0.747. The predicted molar refractivity (Wildman–Crippen MR) is 74.0 cm³/mol. The number of nitrogens with zero attached hydrogens (tertiary/aromatic N) is 2. The number of nitro groups is 1. The molecule has 0 fully saturated rings. The minimum Gasteiger partial charge on any atom is -0.465 e. The van der Waals surface area contributed by atoms with E-state index >= 15 is 0 Å².